The molecule has 0 bridgehead atoms. The lowest BCUT2D eigenvalue weighted by Crippen LogP contribution is -2.24. The highest BCUT2D eigenvalue weighted by molar-refractivity contribution is 5.66. The molecule has 0 aliphatic carbocycles. The first-order valence-corrected chi connectivity index (χ1v) is 6.07. The lowest BCUT2D eigenvalue weighted by atomic mass is 10.1. The van der Waals surface area contributed by atoms with Crippen LogP contribution in [0.5, 0.6) is 0 Å². The second-order valence-electron chi connectivity index (χ2n) is 4.42. The number of nitro groups is 1. The number of anilines is 1. The van der Waals surface area contributed by atoms with E-state index in [0.29, 0.717) is 5.56 Å². The quantitative estimate of drug-likeness (QED) is 0.641. The molecule has 0 radical (unpaired) electrons. The fourth-order valence-corrected chi connectivity index (χ4v) is 2.26. The molecule has 1 fully saturated rings. The summed E-state index contributed by atoms with van der Waals surface area (Å²) in [4.78, 5) is 23.0. The number of benzene rings is 1. The second-order valence-corrected chi connectivity index (χ2v) is 4.42. The van der Waals surface area contributed by atoms with Crippen LogP contribution in [-0.4, -0.2) is 29.2 Å². The van der Waals surface area contributed by atoms with Crippen molar-refractivity contribution in [1.29, 1.82) is 0 Å². The van der Waals surface area contributed by atoms with Crippen molar-refractivity contribution in [2.45, 2.75) is 19.4 Å². The summed E-state index contributed by atoms with van der Waals surface area (Å²) < 4.78 is 0. The zero-order valence-corrected chi connectivity index (χ0v) is 10.3. The summed E-state index contributed by atoms with van der Waals surface area (Å²) in [5.41, 5.74) is 1.49. The summed E-state index contributed by atoms with van der Waals surface area (Å²) in [6, 6.07) is 4.59. The summed E-state index contributed by atoms with van der Waals surface area (Å²) in [5, 5.41) is 21.7. The molecule has 1 aliphatic rings. The van der Waals surface area contributed by atoms with Gasteiger partial charge in [0, 0.05) is 43.0 Å². The van der Waals surface area contributed by atoms with Crippen LogP contribution in [0.25, 0.3) is 0 Å². The van der Waals surface area contributed by atoms with Crippen LogP contribution in [0.4, 0.5) is 16.2 Å². The van der Waals surface area contributed by atoms with Crippen LogP contribution in [0.2, 0.25) is 0 Å². The molecule has 1 aromatic rings. The molecule has 0 aromatic heterocycles. The standard InChI is InChI=1S/C12H15N3O4/c16-12(17)13-8-9-7-10(15(18)19)3-4-11(9)14-5-1-2-6-14/h3-4,7,13H,1-2,5-6,8H2,(H,16,17). The Labute approximate surface area is 110 Å². The maximum absolute atomic E-state index is 10.8. The number of rotatable bonds is 4. The van der Waals surface area contributed by atoms with Crippen LogP contribution in [0.3, 0.4) is 0 Å². The van der Waals surface area contributed by atoms with E-state index in [-0.39, 0.29) is 12.2 Å². The molecule has 7 heteroatoms. The third kappa shape index (κ3) is 3.12. The Bertz CT molecular complexity index is 498. The number of non-ortho nitro benzene ring substituents is 1. The number of carboxylic acid groups (broad SMARTS) is 1. The van der Waals surface area contributed by atoms with E-state index in [1.807, 2.05) is 0 Å². The van der Waals surface area contributed by atoms with Crippen LogP contribution in [0.1, 0.15) is 18.4 Å². The highest BCUT2D eigenvalue weighted by atomic mass is 16.6. The molecular formula is C12H15N3O4. The van der Waals surface area contributed by atoms with Crippen molar-refractivity contribution < 1.29 is 14.8 Å². The van der Waals surface area contributed by atoms with Crippen LogP contribution < -0.4 is 10.2 Å². The SMILES string of the molecule is O=C(O)NCc1cc([N+](=O)[O-])ccc1N1CCCC1. The van der Waals surface area contributed by atoms with Gasteiger partial charge in [-0.25, -0.2) is 4.79 Å². The highest BCUT2D eigenvalue weighted by Crippen LogP contribution is 2.28. The molecule has 1 amide bonds. The van der Waals surface area contributed by atoms with Gasteiger partial charge in [0.25, 0.3) is 5.69 Å². The van der Waals surface area contributed by atoms with Crippen LogP contribution in [0.15, 0.2) is 18.2 Å². The van der Waals surface area contributed by atoms with Gasteiger partial charge in [0.2, 0.25) is 0 Å². The van der Waals surface area contributed by atoms with E-state index in [0.717, 1.165) is 31.6 Å². The normalized spacial score (nSPS) is 14.4. The molecule has 1 heterocycles. The van der Waals surface area contributed by atoms with Gasteiger partial charge in [-0.2, -0.15) is 0 Å². The molecule has 0 unspecified atom stereocenters. The first kappa shape index (κ1) is 13.1. The number of nitro benzene ring substituents is 1. The number of hydrogen-bond donors (Lipinski definition) is 2. The van der Waals surface area contributed by atoms with Crippen molar-refractivity contribution in [2.24, 2.45) is 0 Å². The molecule has 1 aliphatic heterocycles. The van der Waals surface area contributed by atoms with Gasteiger partial charge in [0.1, 0.15) is 0 Å². The van der Waals surface area contributed by atoms with Gasteiger partial charge in [-0.05, 0) is 18.9 Å². The maximum atomic E-state index is 10.8. The number of nitrogens with zero attached hydrogens (tertiary/aromatic N) is 2. The zero-order chi connectivity index (χ0) is 13.8. The molecule has 19 heavy (non-hydrogen) atoms. The van der Waals surface area contributed by atoms with Crippen molar-refractivity contribution in [1.82, 2.24) is 5.32 Å². The molecule has 0 saturated carbocycles. The Kier molecular flexibility index (Phi) is 3.84. The van der Waals surface area contributed by atoms with Gasteiger partial charge in [-0.3, -0.25) is 10.1 Å². The monoisotopic (exact) mass is 265 g/mol. The highest BCUT2D eigenvalue weighted by Gasteiger charge is 2.18. The minimum Gasteiger partial charge on any atom is -0.465 e. The Morgan fingerprint density at radius 3 is 2.68 bits per heavy atom. The molecule has 2 N–H and O–H groups in total. The largest absolute Gasteiger partial charge is 0.465 e. The zero-order valence-electron chi connectivity index (χ0n) is 10.3. The van der Waals surface area contributed by atoms with E-state index in [4.69, 9.17) is 5.11 Å². The van der Waals surface area contributed by atoms with Crippen molar-refractivity contribution in [3.63, 3.8) is 0 Å². The molecule has 1 saturated heterocycles. The first-order valence-electron chi connectivity index (χ1n) is 6.07. The van der Waals surface area contributed by atoms with E-state index >= 15 is 0 Å². The average Bonchev–Trinajstić information content (AvgIpc) is 2.89. The van der Waals surface area contributed by atoms with Crippen LogP contribution >= 0.6 is 0 Å². The van der Waals surface area contributed by atoms with Gasteiger partial charge >= 0.3 is 6.09 Å². The lowest BCUT2D eigenvalue weighted by Gasteiger charge is -2.21. The Hall–Kier alpha value is -2.31. The van der Waals surface area contributed by atoms with Gasteiger partial charge < -0.3 is 15.3 Å². The minimum absolute atomic E-state index is 0.0230. The molecule has 2 rings (SSSR count). The van der Waals surface area contributed by atoms with Crippen LogP contribution in [-0.2, 0) is 6.54 Å². The predicted molar refractivity (Wildman–Crippen MR) is 69.4 cm³/mol. The van der Waals surface area contributed by atoms with Crippen LogP contribution in [0, 0.1) is 10.1 Å². The van der Waals surface area contributed by atoms with E-state index in [1.54, 1.807) is 6.07 Å². The van der Waals surface area contributed by atoms with E-state index in [1.165, 1.54) is 12.1 Å². The Balaban J connectivity index is 2.29. The lowest BCUT2D eigenvalue weighted by molar-refractivity contribution is -0.384. The average molecular weight is 265 g/mol. The molecule has 7 nitrogen and oxygen atoms in total. The second kappa shape index (κ2) is 5.55. The van der Waals surface area contributed by atoms with Crippen molar-refractivity contribution >= 4 is 17.5 Å². The van der Waals surface area contributed by atoms with Crippen molar-refractivity contribution in [3.05, 3.63) is 33.9 Å². The predicted octanol–water partition coefficient (Wildman–Crippen LogP) is 1.96. The van der Waals surface area contributed by atoms with E-state index < -0.39 is 11.0 Å². The van der Waals surface area contributed by atoms with Crippen molar-refractivity contribution in [3.8, 4) is 0 Å². The number of carbonyl (C=O) groups is 1. The van der Waals surface area contributed by atoms with Gasteiger partial charge in [0.15, 0.2) is 0 Å². The van der Waals surface area contributed by atoms with E-state index in [9.17, 15) is 14.9 Å². The first-order chi connectivity index (χ1) is 9.08. The fourth-order valence-electron chi connectivity index (χ4n) is 2.26. The van der Waals surface area contributed by atoms with Gasteiger partial charge in [-0.1, -0.05) is 0 Å². The molecular weight excluding hydrogens is 250 g/mol. The number of nitrogens with one attached hydrogen (secondary N) is 1. The summed E-state index contributed by atoms with van der Waals surface area (Å²) in [7, 11) is 0. The molecule has 0 atom stereocenters. The topological polar surface area (TPSA) is 95.7 Å². The molecule has 102 valence electrons. The summed E-state index contributed by atoms with van der Waals surface area (Å²) in [5.74, 6) is 0. The smallest absolute Gasteiger partial charge is 0.404 e. The molecule has 1 aromatic carbocycles. The Morgan fingerprint density at radius 1 is 1.42 bits per heavy atom. The van der Waals surface area contributed by atoms with Crippen molar-refractivity contribution in [2.75, 3.05) is 18.0 Å². The number of amides is 1. The number of hydrogen-bond acceptors (Lipinski definition) is 4. The van der Waals surface area contributed by atoms with Gasteiger partial charge in [-0.15, -0.1) is 0 Å². The third-order valence-corrected chi connectivity index (χ3v) is 3.15. The van der Waals surface area contributed by atoms with Gasteiger partial charge in [0.05, 0.1) is 4.92 Å². The fraction of sp³-hybridized carbons (Fsp3) is 0.417. The van der Waals surface area contributed by atoms with E-state index in [2.05, 4.69) is 10.2 Å². The summed E-state index contributed by atoms with van der Waals surface area (Å²) >= 11 is 0. The maximum Gasteiger partial charge on any atom is 0.404 e. The molecule has 0 spiro atoms. The third-order valence-electron chi connectivity index (χ3n) is 3.15. The Morgan fingerprint density at radius 2 is 2.11 bits per heavy atom. The minimum atomic E-state index is -1.14. The summed E-state index contributed by atoms with van der Waals surface area (Å²) in [6.45, 7) is 1.87. The summed E-state index contributed by atoms with van der Waals surface area (Å²) in [6.07, 6.45) is 1.03.